The van der Waals surface area contributed by atoms with E-state index in [2.05, 4.69) is 0 Å². The number of carbonyl (C=O) groups is 1. The minimum absolute atomic E-state index is 0.0594. The van der Waals surface area contributed by atoms with E-state index < -0.39 is 11.2 Å². The van der Waals surface area contributed by atoms with Crippen LogP contribution in [-0.4, -0.2) is 51.9 Å². The summed E-state index contributed by atoms with van der Waals surface area (Å²) in [6.07, 6.45) is 5.18. The molecule has 25 heavy (non-hydrogen) atoms. The number of ether oxygens (including phenoxy) is 1. The Labute approximate surface area is 149 Å². The second kappa shape index (κ2) is 7.34. The number of aliphatic hydroxyl groups is 2. The number of rotatable bonds is 5. The fourth-order valence-electron chi connectivity index (χ4n) is 3.89. The fourth-order valence-corrected chi connectivity index (χ4v) is 3.89. The molecule has 5 nitrogen and oxygen atoms in total. The van der Waals surface area contributed by atoms with Crippen LogP contribution < -0.4 is 4.74 Å². The lowest BCUT2D eigenvalue weighted by Gasteiger charge is -2.33. The van der Waals surface area contributed by atoms with Gasteiger partial charge in [0.15, 0.2) is 0 Å². The molecule has 1 saturated carbocycles. The predicted molar refractivity (Wildman–Crippen MR) is 95.5 cm³/mol. The summed E-state index contributed by atoms with van der Waals surface area (Å²) in [7, 11) is 0. The van der Waals surface area contributed by atoms with Crippen LogP contribution in [0.15, 0.2) is 24.3 Å². The number of likely N-dealkylation sites (tertiary alicyclic amines) is 1. The van der Waals surface area contributed by atoms with Gasteiger partial charge in [-0.25, -0.2) is 0 Å². The molecule has 3 rings (SSSR count). The van der Waals surface area contributed by atoms with Crippen molar-refractivity contribution in [2.75, 3.05) is 19.7 Å². The van der Waals surface area contributed by atoms with Gasteiger partial charge in [0.25, 0.3) is 0 Å². The summed E-state index contributed by atoms with van der Waals surface area (Å²) in [4.78, 5) is 14.2. The van der Waals surface area contributed by atoms with E-state index in [1.807, 2.05) is 31.2 Å². The number of hydrogen-bond donors (Lipinski definition) is 2. The summed E-state index contributed by atoms with van der Waals surface area (Å²) in [5, 5.41) is 21.3. The first kappa shape index (κ1) is 18.2. The molecule has 1 aromatic rings. The monoisotopic (exact) mass is 347 g/mol. The quantitative estimate of drug-likeness (QED) is 0.858. The summed E-state index contributed by atoms with van der Waals surface area (Å²) >= 11 is 0. The third-order valence-corrected chi connectivity index (χ3v) is 5.45. The van der Waals surface area contributed by atoms with Crippen molar-refractivity contribution in [3.05, 3.63) is 29.8 Å². The molecular weight excluding hydrogens is 318 g/mol. The maximum atomic E-state index is 12.5. The van der Waals surface area contributed by atoms with Crippen LogP contribution in [0, 0.1) is 6.92 Å². The molecule has 5 heteroatoms. The van der Waals surface area contributed by atoms with Crippen molar-refractivity contribution in [3.63, 3.8) is 0 Å². The van der Waals surface area contributed by atoms with Crippen LogP contribution >= 0.6 is 0 Å². The van der Waals surface area contributed by atoms with Crippen LogP contribution in [0.5, 0.6) is 5.75 Å². The van der Waals surface area contributed by atoms with Crippen molar-refractivity contribution in [3.8, 4) is 5.75 Å². The van der Waals surface area contributed by atoms with Gasteiger partial charge in [-0.3, -0.25) is 4.79 Å². The van der Waals surface area contributed by atoms with Crippen molar-refractivity contribution in [1.29, 1.82) is 0 Å². The molecule has 2 aliphatic rings. The highest BCUT2D eigenvalue weighted by molar-refractivity contribution is 5.77. The number of aryl methyl sites for hydroxylation is 1. The molecule has 1 saturated heterocycles. The SMILES string of the molecule is Cc1cccc(OC[C@]2(O)CCN(C(=O)CC3(O)CCCCC3)C2)c1. The van der Waals surface area contributed by atoms with E-state index >= 15 is 0 Å². The van der Waals surface area contributed by atoms with Crippen LogP contribution in [0.1, 0.15) is 50.5 Å². The fraction of sp³-hybridized carbons (Fsp3) is 0.650. The highest BCUT2D eigenvalue weighted by Crippen LogP contribution is 2.32. The van der Waals surface area contributed by atoms with Gasteiger partial charge in [-0.15, -0.1) is 0 Å². The van der Waals surface area contributed by atoms with Crippen molar-refractivity contribution < 1.29 is 19.7 Å². The van der Waals surface area contributed by atoms with Crippen molar-refractivity contribution >= 4 is 5.91 Å². The number of carbonyl (C=O) groups excluding carboxylic acids is 1. The number of hydrogen-bond acceptors (Lipinski definition) is 4. The molecule has 0 unspecified atom stereocenters. The second-order valence-electron chi connectivity index (χ2n) is 7.86. The minimum atomic E-state index is -1.02. The van der Waals surface area contributed by atoms with Crippen LogP contribution in [0.3, 0.4) is 0 Å². The highest BCUT2D eigenvalue weighted by Gasteiger charge is 2.41. The highest BCUT2D eigenvalue weighted by atomic mass is 16.5. The van der Waals surface area contributed by atoms with Crippen molar-refractivity contribution in [1.82, 2.24) is 4.90 Å². The molecule has 0 aromatic heterocycles. The number of amides is 1. The zero-order valence-corrected chi connectivity index (χ0v) is 15.0. The molecule has 0 bridgehead atoms. The van der Waals surface area contributed by atoms with Crippen molar-refractivity contribution in [2.24, 2.45) is 0 Å². The maximum absolute atomic E-state index is 12.5. The molecule has 1 atom stereocenters. The molecule has 1 aliphatic carbocycles. The third-order valence-electron chi connectivity index (χ3n) is 5.45. The molecule has 1 amide bonds. The molecule has 0 radical (unpaired) electrons. The average molecular weight is 347 g/mol. The zero-order chi connectivity index (χ0) is 17.9. The molecule has 138 valence electrons. The molecule has 1 aromatic carbocycles. The Morgan fingerprint density at radius 3 is 2.64 bits per heavy atom. The lowest BCUT2D eigenvalue weighted by atomic mass is 9.82. The minimum Gasteiger partial charge on any atom is -0.491 e. The molecular formula is C20H29NO4. The van der Waals surface area contributed by atoms with Gasteiger partial charge < -0.3 is 19.8 Å². The zero-order valence-electron chi connectivity index (χ0n) is 15.0. The summed E-state index contributed by atoms with van der Waals surface area (Å²) in [5.41, 5.74) is -0.767. The Morgan fingerprint density at radius 1 is 1.16 bits per heavy atom. The van der Waals surface area contributed by atoms with E-state index in [1.54, 1.807) is 4.90 Å². The predicted octanol–water partition coefficient (Wildman–Crippen LogP) is 2.42. The van der Waals surface area contributed by atoms with Crippen LogP contribution in [0.2, 0.25) is 0 Å². The normalized spacial score (nSPS) is 25.8. The number of benzene rings is 1. The van der Waals surface area contributed by atoms with Gasteiger partial charge in [0, 0.05) is 6.54 Å². The summed E-state index contributed by atoms with van der Waals surface area (Å²) in [6, 6.07) is 7.71. The van der Waals surface area contributed by atoms with Gasteiger partial charge in [-0.1, -0.05) is 31.4 Å². The average Bonchev–Trinajstić information content (AvgIpc) is 2.97. The molecule has 2 N–H and O–H groups in total. The maximum Gasteiger partial charge on any atom is 0.225 e. The Hall–Kier alpha value is -1.59. The van der Waals surface area contributed by atoms with Crippen LogP contribution in [-0.2, 0) is 4.79 Å². The van der Waals surface area contributed by atoms with Gasteiger partial charge in [0.05, 0.1) is 18.6 Å². The topological polar surface area (TPSA) is 70.0 Å². The first-order valence-corrected chi connectivity index (χ1v) is 9.30. The standard InChI is InChI=1S/C20H29NO4/c1-16-6-5-7-17(12-16)25-15-20(24)10-11-21(14-20)18(22)13-19(23)8-3-2-4-9-19/h5-7,12,23-24H,2-4,8-11,13-15H2,1H3/t20-/m0/s1. The molecule has 1 aliphatic heterocycles. The largest absolute Gasteiger partial charge is 0.491 e. The molecule has 0 spiro atoms. The van der Waals surface area contributed by atoms with E-state index in [1.165, 1.54) is 0 Å². The number of β-amino-alcohol motifs (C(OH)–C–C–N with tert-alkyl or cyclic N) is 1. The Balaban J connectivity index is 1.52. The van der Waals surface area contributed by atoms with Gasteiger partial charge >= 0.3 is 0 Å². The summed E-state index contributed by atoms with van der Waals surface area (Å²) < 4.78 is 5.73. The Kier molecular flexibility index (Phi) is 5.35. The van der Waals surface area contributed by atoms with E-state index in [0.29, 0.717) is 25.8 Å². The van der Waals surface area contributed by atoms with Crippen molar-refractivity contribution in [2.45, 2.75) is 63.1 Å². The lowest BCUT2D eigenvalue weighted by molar-refractivity contribution is -0.138. The smallest absolute Gasteiger partial charge is 0.225 e. The van der Waals surface area contributed by atoms with Gasteiger partial charge in [-0.2, -0.15) is 0 Å². The first-order valence-electron chi connectivity index (χ1n) is 9.30. The summed E-state index contributed by atoms with van der Waals surface area (Å²) in [6.45, 7) is 2.95. The van der Waals surface area contributed by atoms with Gasteiger partial charge in [0.2, 0.25) is 5.91 Å². The first-order chi connectivity index (χ1) is 11.9. The second-order valence-corrected chi connectivity index (χ2v) is 7.86. The van der Waals surface area contributed by atoms with Gasteiger partial charge in [-0.05, 0) is 43.9 Å². The summed E-state index contributed by atoms with van der Waals surface area (Å²) in [5.74, 6) is 0.672. The van der Waals surface area contributed by atoms with Gasteiger partial charge in [0.1, 0.15) is 18.0 Å². The molecule has 1 heterocycles. The molecule has 2 fully saturated rings. The third kappa shape index (κ3) is 4.73. The van der Waals surface area contributed by atoms with Crippen LogP contribution in [0.4, 0.5) is 0 Å². The van der Waals surface area contributed by atoms with E-state index in [4.69, 9.17) is 4.74 Å². The van der Waals surface area contributed by atoms with E-state index in [9.17, 15) is 15.0 Å². The number of nitrogens with zero attached hydrogens (tertiary/aromatic N) is 1. The Bertz CT molecular complexity index is 611. The lowest BCUT2D eigenvalue weighted by Crippen LogP contribution is -2.43. The van der Waals surface area contributed by atoms with Crippen LogP contribution in [0.25, 0.3) is 0 Å². The van der Waals surface area contributed by atoms with E-state index in [-0.39, 0.29) is 25.5 Å². The Morgan fingerprint density at radius 2 is 1.92 bits per heavy atom. The van der Waals surface area contributed by atoms with E-state index in [0.717, 1.165) is 30.6 Å².